The molecule has 0 fully saturated rings. The van der Waals surface area contributed by atoms with Gasteiger partial charge >= 0.3 is 0 Å². The number of benzene rings is 1. The lowest BCUT2D eigenvalue weighted by atomic mass is 10.3. The summed E-state index contributed by atoms with van der Waals surface area (Å²) in [4.78, 5) is 15.6. The van der Waals surface area contributed by atoms with Crippen molar-refractivity contribution < 1.29 is 9.53 Å². The van der Waals surface area contributed by atoms with Gasteiger partial charge < -0.3 is 4.74 Å². The number of Topliss-reactive ketones (excluding diaryl/α,β-unsaturated/α-hetero) is 1. The zero-order valence-corrected chi connectivity index (χ0v) is 10.5. The maximum atomic E-state index is 11.2. The molecule has 0 N–H and O–H groups in total. The highest BCUT2D eigenvalue weighted by Crippen LogP contribution is 2.26. The average Bonchev–Trinajstić information content (AvgIpc) is 2.69. The van der Waals surface area contributed by atoms with Crippen molar-refractivity contribution in [2.45, 2.75) is 6.42 Å². The summed E-state index contributed by atoms with van der Waals surface area (Å²) in [6.45, 7) is 0. The summed E-state index contributed by atoms with van der Waals surface area (Å²) in [6, 6.07) is 5.70. The highest BCUT2D eigenvalue weighted by atomic mass is 32.1. The van der Waals surface area contributed by atoms with E-state index < -0.39 is 0 Å². The van der Waals surface area contributed by atoms with Gasteiger partial charge in [-0.05, 0) is 18.2 Å². The van der Waals surface area contributed by atoms with E-state index in [0.717, 1.165) is 21.0 Å². The van der Waals surface area contributed by atoms with E-state index in [-0.39, 0.29) is 11.5 Å². The van der Waals surface area contributed by atoms with Crippen LogP contribution in [0.25, 0.3) is 10.2 Å². The number of ketones is 1. The lowest BCUT2D eigenvalue weighted by Gasteiger charge is -1.96. The summed E-state index contributed by atoms with van der Waals surface area (Å²) in [5.41, 5.74) is 0.910. The van der Waals surface area contributed by atoms with E-state index in [1.54, 1.807) is 7.11 Å². The summed E-state index contributed by atoms with van der Waals surface area (Å²) >= 11 is 5.47. The van der Waals surface area contributed by atoms with E-state index in [1.165, 1.54) is 11.3 Å². The van der Waals surface area contributed by atoms with Crippen molar-refractivity contribution >= 4 is 40.0 Å². The Morgan fingerprint density at radius 3 is 3.06 bits per heavy atom. The Kier molecular flexibility index (Phi) is 3.46. The average molecular weight is 253 g/mol. The molecular weight excluding hydrogens is 242 g/mol. The molecule has 1 aromatic carbocycles. The molecular formula is C11H11NO2S2. The fourth-order valence-corrected chi connectivity index (χ4v) is 2.52. The van der Waals surface area contributed by atoms with Crippen LogP contribution < -0.4 is 4.74 Å². The second-order valence-corrected chi connectivity index (χ2v) is 4.75. The van der Waals surface area contributed by atoms with Crippen molar-refractivity contribution in [3.05, 3.63) is 23.2 Å². The number of fused-ring (bicyclic) bond motifs is 1. The third-order valence-corrected chi connectivity index (χ3v) is 3.54. The smallest absolute Gasteiger partial charge is 0.149 e. The molecule has 0 amide bonds. The molecule has 0 unspecified atom stereocenters. The van der Waals surface area contributed by atoms with Crippen LogP contribution in [0.15, 0.2) is 18.2 Å². The second-order valence-electron chi connectivity index (χ2n) is 3.31. The van der Waals surface area contributed by atoms with Crippen LogP contribution in [0, 0.1) is 0 Å². The second kappa shape index (κ2) is 4.84. The van der Waals surface area contributed by atoms with Crippen molar-refractivity contribution in [3.63, 3.8) is 0 Å². The molecule has 0 bridgehead atoms. The van der Waals surface area contributed by atoms with Crippen molar-refractivity contribution in [1.29, 1.82) is 0 Å². The molecule has 16 heavy (non-hydrogen) atoms. The number of carbonyl (C=O) groups is 1. The van der Waals surface area contributed by atoms with Crippen LogP contribution in [0.2, 0.25) is 0 Å². The molecule has 84 valence electrons. The Bertz CT molecular complexity index is 522. The molecule has 1 heterocycles. The molecule has 0 aliphatic carbocycles. The van der Waals surface area contributed by atoms with Gasteiger partial charge in [0.2, 0.25) is 0 Å². The number of hydrogen-bond donors (Lipinski definition) is 1. The monoisotopic (exact) mass is 253 g/mol. The molecule has 0 radical (unpaired) electrons. The van der Waals surface area contributed by atoms with Crippen LogP contribution in [0.4, 0.5) is 0 Å². The molecule has 1 aromatic heterocycles. The lowest BCUT2D eigenvalue weighted by Crippen LogP contribution is -2.02. The van der Waals surface area contributed by atoms with E-state index >= 15 is 0 Å². The maximum absolute atomic E-state index is 11.2. The van der Waals surface area contributed by atoms with E-state index in [0.29, 0.717) is 6.42 Å². The van der Waals surface area contributed by atoms with Gasteiger partial charge in [0.1, 0.15) is 16.5 Å². The molecule has 0 spiro atoms. The zero-order valence-electron chi connectivity index (χ0n) is 8.77. The van der Waals surface area contributed by atoms with Crippen LogP contribution in [0.1, 0.15) is 5.01 Å². The fraction of sp³-hybridized carbons (Fsp3) is 0.273. The number of aromatic nitrogens is 1. The largest absolute Gasteiger partial charge is 0.497 e. The molecule has 3 nitrogen and oxygen atoms in total. The van der Waals surface area contributed by atoms with E-state index in [4.69, 9.17) is 4.74 Å². The quantitative estimate of drug-likeness (QED) is 0.850. The van der Waals surface area contributed by atoms with E-state index in [1.807, 2.05) is 18.2 Å². The Morgan fingerprint density at radius 1 is 1.56 bits per heavy atom. The third-order valence-electron chi connectivity index (χ3n) is 2.16. The van der Waals surface area contributed by atoms with Crippen molar-refractivity contribution in [1.82, 2.24) is 4.98 Å². The summed E-state index contributed by atoms with van der Waals surface area (Å²) in [5, 5.41) is 0.835. The number of nitrogens with zero attached hydrogens (tertiary/aromatic N) is 1. The van der Waals surface area contributed by atoms with Crippen LogP contribution in [-0.4, -0.2) is 23.6 Å². The predicted octanol–water partition coefficient (Wildman–Crippen LogP) is 2.35. The van der Waals surface area contributed by atoms with Gasteiger partial charge in [0.15, 0.2) is 0 Å². The molecule has 5 heteroatoms. The van der Waals surface area contributed by atoms with Gasteiger partial charge in [0, 0.05) is 5.75 Å². The number of methoxy groups -OCH3 is 1. The SMILES string of the molecule is COc1ccc2nc(CC(=O)CS)sc2c1. The minimum absolute atomic E-state index is 0.0920. The van der Waals surface area contributed by atoms with Crippen LogP contribution >= 0.6 is 24.0 Å². The predicted molar refractivity (Wildman–Crippen MR) is 68.7 cm³/mol. The van der Waals surface area contributed by atoms with Crippen LogP contribution in [0.3, 0.4) is 0 Å². The number of thiol groups is 1. The Labute approximate surface area is 103 Å². The molecule has 0 saturated carbocycles. The van der Waals surface area contributed by atoms with Crippen molar-refractivity contribution in [2.75, 3.05) is 12.9 Å². The van der Waals surface area contributed by atoms with Crippen LogP contribution in [0.5, 0.6) is 5.75 Å². The summed E-state index contributed by atoms with van der Waals surface area (Å²) < 4.78 is 6.18. The maximum Gasteiger partial charge on any atom is 0.149 e. The number of hydrogen-bond acceptors (Lipinski definition) is 5. The van der Waals surface area contributed by atoms with Gasteiger partial charge in [-0.25, -0.2) is 4.98 Å². The lowest BCUT2D eigenvalue weighted by molar-refractivity contribution is -0.115. The van der Waals surface area contributed by atoms with Crippen molar-refractivity contribution in [3.8, 4) is 5.75 Å². The number of thiazole rings is 1. The van der Waals surface area contributed by atoms with Crippen molar-refractivity contribution in [2.24, 2.45) is 0 Å². The minimum Gasteiger partial charge on any atom is -0.497 e. The molecule has 2 rings (SSSR count). The third kappa shape index (κ3) is 2.36. The Balaban J connectivity index is 2.32. The van der Waals surface area contributed by atoms with Gasteiger partial charge in [-0.2, -0.15) is 12.6 Å². The highest BCUT2D eigenvalue weighted by Gasteiger charge is 2.08. The molecule has 0 saturated heterocycles. The first-order chi connectivity index (χ1) is 7.72. The minimum atomic E-state index is 0.0920. The normalized spacial score (nSPS) is 10.6. The molecule has 0 atom stereocenters. The van der Waals surface area contributed by atoms with Gasteiger partial charge in [-0.3, -0.25) is 4.79 Å². The Hall–Kier alpha value is -1.07. The molecule has 0 aliphatic rings. The zero-order chi connectivity index (χ0) is 11.5. The first kappa shape index (κ1) is 11.4. The summed E-state index contributed by atoms with van der Waals surface area (Å²) in [6.07, 6.45) is 0.366. The first-order valence-electron chi connectivity index (χ1n) is 4.79. The fourth-order valence-electron chi connectivity index (χ4n) is 1.38. The van der Waals surface area contributed by atoms with E-state index in [2.05, 4.69) is 17.6 Å². The van der Waals surface area contributed by atoms with Crippen LogP contribution in [-0.2, 0) is 11.2 Å². The molecule has 2 aromatic rings. The Morgan fingerprint density at radius 2 is 2.38 bits per heavy atom. The highest BCUT2D eigenvalue weighted by molar-refractivity contribution is 7.81. The summed E-state index contributed by atoms with van der Waals surface area (Å²) in [7, 11) is 1.63. The topological polar surface area (TPSA) is 39.2 Å². The molecule has 0 aliphatic heterocycles. The number of ether oxygens (including phenoxy) is 1. The first-order valence-corrected chi connectivity index (χ1v) is 6.24. The number of carbonyl (C=O) groups excluding carboxylic acids is 1. The van der Waals surface area contributed by atoms with E-state index in [9.17, 15) is 4.79 Å². The van der Waals surface area contributed by atoms with Gasteiger partial charge in [0.05, 0.1) is 23.7 Å². The van der Waals surface area contributed by atoms with Gasteiger partial charge in [0.25, 0.3) is 0 Å². The summed E-state index contributed by atoms with van der Waals surface area (Å²) in [5.74, 6) is 1.16. The van der Waals surface area contributed by atoms with Gasteiger partial charge in [-0.15, -0.1) is 11.3 Å². The standard InChI is InChI=1S/C11H11NO2S2/c1-14-8-2-3-9-10(5-8)16-11(12-9)4-7(13)6-15/h2-3,5,15H,4,6H2,1H3. The number of rotatable bonds is 4. The van der Waals surface area contributed by atoms with Gasteiger partial charge in [-0.1, -0.05) is 0 Å².